The van der Waals surface area contributed by atoms with Crippen molar-refractivity contribution >= 4 is 23.3 Å². The smallest absolute Gasteiger partial charge is 0.242 e. The number of rotatable bonds is 4. The SMILES string of the molecule is C[C@@H](C(=O)Nc1ccc(Cl)cn1)N1CCC(c2ccnn2C)CC1. The number of anilines is 1. The van der Waals surface area contributed by atoms with Crippen molar-refractivity contribution in [3.63, 3.8) is 0 Å². The first-order valence-electron chi connectivity index (χ1n) is 8.19. The van der Waals surface area contributed by atoms with Gasteiger partial charge in [0.25, 0.3) is 0 Å². The summed E-state index contributed by atoms with van der Waals surface area (Å²) >= 11 is 5.81. The lowest BCUT2D eigenvalue weighted by molar-refractivity contribution is -0.121. The Labute approximate surface area is 146 Å². The number of aromatic nitrogens is 3. The number of likely N-dealkylation sites (tertiary alicyclic amines) is 1. The fraction of sp³-hybridized carbons (Fsp3) is 0.471. The number of carbonyl (C=O) groups is 1. The molecule has 0 aliphatic carbocycles. The highest BCUT2D eigenvalue weighted by atomic mass is 35.5. The summed E-state index contributed by atoms with van der Waals surface area (Å²) in [4.78, 5) is 18.8. The van der Waals surface area contributed by atoms with Gasteiger partial charge in [0.1, 0.15) is 5.82 Å². The molecule has 1 aliphatic rings. The van der Waals surface area contributed by atoms with Gasteiger partial charge in [-0.1, -0.05) is 11.6 Å². The van der Waals surface area contributed by atoms with Gasteiger partial charge in [-0.2, -0.15) is 5.10 Å². The quantitative estimate of drug-likeness (QED) is 0.923. The number of carbonyl (C=O) groups excluding carboxylic acids is 1. The molecule has 1 N–H and O–H groups in total. The van der Waals surface area contributed by atoms with Crippen LogP contribution < -0.4 is 5.32 Å². The van der Waals surface area contributed by atoms with Crippen molar-refractivity contribution in [1.82, 2.24) is 19.7 Å². The summed E-state index contributed by atoms with van der Waals surface area (Å²) in [6, 6.07) is 5.33. The zero-order valence-corrected chi connectivity index (χ0v) is 14.7. The summed E-state index contributed by atoms with van der Waals surface area (Å²) in [7, 11) is 1.98. The molecular weight excluding hydrogens is 326 g/mol. The third-order valence-electron chi connectivity index (χ3n) is 4.71. The molecule has 1 amide bonds. The van der Waals surface area contributed by atoms with E-state index in [0.29, 0.717) is 16.8 Å². The van der Waals surface area contributed by atoms with E-state index in [2.05, 4.69) is 26.4 Å². The normalized spacial score (nSPS) is 17.6. The fourth-order valence-corrected chi connectivity index (χ4v) is 3.33. The van der Waals surface area contributed by atoms with Crippen LogP contribution in [0.5, 0.6) is 0 Å². The third kappa shape index (κ3) is 3.76. The van der Waals surface area contributed by atoms with Gasteiger partial charge in [0, 0.05) is 31.1 Å². The summed E-state index contributed by atoms with van der Waals surface area (Å²) in [6.45, 7) is 3.74. The molecule has 1 fully saturated rings. The molecule has 2 aromatic rings. The van der Waals surface area contributed by atoms with E-state index in [-0.39, 0.29) is 11.9 Å². The highest BCUT2D eigenvalue weighted by molar-refractivity contribution is 6.30. The van der Waals surface area contributed by atoms with Gasteiger partial charge in [0.15, 0.2) is 0 Å². The molecule has 0 spiro atoms. The maximum atomic E-state index is 12.4. The van der Waals surface area contributed by atoms with Crippen LogP contribution in [0.3, 0.4) is 0 Å². The summed E-state index contributed by atoms with van der Waals surface area (Å²) < 4.78 is 1.95. The van der Waals surface area contributed by atoms with Gasteiger partial charge < -0.3 is 5.32 Å². The molecule has 3 rings (SSSR count). The summed E-state index contributed by atoms with van der Waals surface area (Å²) in [6.07, 6.45) is 5.45. The van der Waals surface area contributed by atoms with Crippen molar-refractivity contribution < 1.29 is 4.79 Å². The lowest BCUT2D eigenvalue weighted by Crippen LogP contribution is -2.46. The Kier molecular flexibility index (Phi) is 5.16. The van der Waals surface area contributed by atoms with Gasteiger partial charge in [0.2, 0.25) is 5.91 Å². The van der Waals surface area contributed by atoms with E-state index in [9.17, 15) is 4.79 Å². The maximum Gasteiger partial charge on any atom is 0.242 e. The molecule has 6 nitrogen and oxygen atoms in total. The lowest BCUT2D eigenvalue weighted by Gasteiger charge is -2.35. The van der Waals surface area contributed by atoms with E-state index < -0.39 is 0 Å². The Morgan fingerprint density at radius 3 is 2.67 bits per heavy atom. The Bertz CT molecular complexity index is 691. The van der Waals surface area contributed by atoms with E-state index >= 15 is 0 Å². The Hall–Kier alpha value is -1.92. The minimum Gasteiger partial charge on any atom is -0.309 e. The Balaban J connectivity index is 1.54. The minimum absolute atomic E-state index is 0.0381. The van der Waals surface area contributed by atoms with Crippen LogP contribution in [0.25, 0.3) is 0 Å². The van der Waals surface area contributed by atoms with Crippen LogP contribution in [0.15, 0.2) is 30.6 Å². The second-order valence-electron chi connectivity index (χ2n) is 6.22. The second kappa shape index (κ2) is 7.32. The van der Waals surface area contributed by atoms with Crippen molar-refractivity contribution in [2.24, 2.45) is 7.05 Å². The highest BCUT2D eigenvalue weighted by Gasteiger charge is 2.28. The molecule has 0 bridgehead atoms. The molecule has 2 aromatic heterocycles. The van der Waals surface area contributed by atoms with Gasteiger partial charge in [-0.05, 0) is 51.1 Å². The molecule has 1 saturated heterocycles. The molecule has 128 valence electrons. The van der Waals surface area contributed by atoms with Crippen LogP contribution in [-0.4, -0.2) is 44.7 Å². The molecular formula is C17H22ClN5O. The molecule has 3 heterocycles. The largest absolute Gasteiger partial charge is 0.309 e. The summed E-state index contributed by atoms with van der Waals surface area (Å²) in [5, 5.41) is 7.65. The van der Waals surface area contributed by atoms with Crippen LogP contribution in [0.4, 0.5) is 5.82 Å². The predicted octanol–water partition coefficient (Wildman–Crippen LogP) is 2.68. The molecule has 0 saturated carbocycles. The van der Waals surface area contributed by atoms with E-state index in [1.165, 1.54) is 11.9 Å². The molecule has 1 atom stereocenters. The van der Waals surface area contributed by atoms with E-state index in [4.69, 9.17) is 11.6 Å². The van der Waals surface area contributed by atoms with Crippen molar-refractivity contribution in [3.05, 3.63) is 41.3 Å². The first-order chi connectivity index (χ1) is 11.5. The number of nitrogens with one attached hydrogen (secondary N) is 1. The van der Waals surface area contributed by atoms with Crippen molar-refractivity contribution in [1.29, 1.82) is 0 Å². The standard InChI is InChI=1S/C17H22ClN5O/c1-12(17(24)21-16-4-3-14(18)11-19-16)23-9-6-13(7-10-23)15-5-8-20-22(15)2/h3-5,8,11-13H,6-7,9-10H2,1-2H3,(H,19,21,24)/t12-/m0/s1. The summed E-state index contributed by atoms with van der Waals surface area (Å²) in [5.74, 6) is 1.01. The van der Waals surface area contributed by atoms with Crippen molar-refractivity contribution in [2.45, 2.75) is 31.7 Å². The van der Waals surface area contributed by atoms with Gasteiger partial charge >= 0.3 is 0 Å². The number of hydrogen-bond acceptors (Lipinski definition) is 4. The van der Waals surface area contributed by atoms with Gasteiger partial charge in [-0.15, -0.1) is 0 Å². The molecule has 0 aromatic carbocycles. The number of halogens is 1. The number of aryl methyl sites for hydroxylation is 1. The number of nitrogens with zero attached hydrogens (tertiary/aromatic N) is 4. The first-order valence-corrected chi connectivity index (χ1v) is 8.57. The topological polar surface area (TPSA) is 63.1 Å². The van der Waals surface area contributed by atoms with E-state index in [1.54, 1.807) is 12.1 Å². The summed E-state index contributed by atoms with van der Waals surface area (Å²) in [5.41, 5.74) is 1.28. The predicted molar refractivity (Wildman–Crippen MR) is 94.1 cm³/mol. The zero-order valence-electron chi connectivity index (χ0n) is 13.9. The van der Waals surface area contributed by atoms with E-state index in [0.717, 1.165) is 25.9 Å². The van der Waals surface area contributed by atoms with Crippen LogP contribution in [-0.2, 0) is 11.8 Å². The molecule has 24 heavy (non-hydrogen) atoms. The Morgan fingerprint density at radius 1 is 1.33 bits per heavy atom. The maximum absolute atomic E-state index is 12.4. The van der Waals surface area contributed by atoms with Crippen LogP contribution in [0.2, 0.25) is 5.02 Å². The Morgan fingerprint density at radius 2 is 2.08 bits per heavy atom. The number of amides is 1. The fourth-order valence-electron chi connectivity index (χ4n) is 3.21. The number of pyridine rings is 1. The second-order valence-corrected chi connectivity index (χ2v) is 6.65. The molecule has 7 heteroatoms. The monoisotopic (exact) mass is 347 g/mol. The highest BCUT2D eigenvalue weighted by Crippen LogP contribution is 2.28. The van der Waals surface area contributed by atoms with Crippen LogP contribution >= 0.6 is 11.6 Å². The minimum atomic E-state index is -0.185. The molecule has 0 unspecified atom stereocenters. The first kappa shape index (κ1) is 16.9. The number of hydrogen-bond donors (Lipinski definition) is 1. The van der Waals surface area contributed by atoms with Crippen LogP contribution in [0, 0.1) is 0 Å². The molecule has 1 aliphatic heterocycles. The van der Waals surface area contributed by atoms with Gasteiger partial charge in [-0.3, -0.25) is 14.4 Å². The average molecular weight is 348 g/mol. The van der Waals surface area contributed by atoms with Crippen LogP contribution in [0.1, 0.15) is 31.4 Å². The lowest BCUT2D eigenvalue weighted by atomic mass is 9.92. The zero-order chi connectivity index (χ0) is 17.1. The number of piperidine rings is 1. The van der Waals surface area contributed by atoms with E-state index in [1.807, 2.05) is 24.9 Å². The molecule has 0 radical (unpaired) electrons. The van der Waals surface area contributed by atoms with Gasteiger partial charge in [-0.25, -0.2) is 4.98 Å². The average Bonchev–Trinajstić information content (AvgIpc) is 3.02. The van der Waals surface area contributed by atoms with Crippen molar-refractivity contribution in [3.8, 4) is 0 Å². The third-order valence-corrected chi connectivity index (χ3v) is 4.94. The van der Waals surface area contributed by atoms with Gasteiger partial charge in [0.05, 0.1) is 11.1 Å². The van der Waals surface area contributed by atoms with Crippen molar-refractivity contribution in [2.75, 3.05) is 18.4 Å².